The summed E-state index contributed by atoms with van der Waals surface area (Å²) in [6, 6.07) is 21.9. The minimum absolute atomic E-state index is 0.0383. The summed E-state index contributed by atoms with van der Waals surface area (Å²) >= 11 is 0. The van der Waals surface area contributed by atoms with Gasteiger partial charge in [-0.05, 0) is 42.4 Å². The molecule has 37 heavy (non-hydrogen) atoms. The van der Waals surface area contributed by atoms with Gasteiger partial charge in [0.25, 0.3) is 0 Å². The van der Waals surface area contributed by atoms with E-state index in [0.29, 0.717) is 18.4 Å². The molecule has 1 aliphatic heterocycles. The molecule has 8 heteroatoms. The molecule has 1 aliphatic rings. The number of hydrogen-bond acceptors (Lipinski definition) is 5. The summed E-state index contributed by atoms with van der Waals surface area (Å²) in [5.74, 6) is 2.38. The van der Waals surface area contributed by atoms with Crippen LogP contribution in [0.4, 0.5) is 22.1 Å². The van der Waals surface area contributed by atoms with E-state index < -0.39 is 0 Å². The number of fused-ring (bicyclic) bond motifs is 1. The van der Waals surface area contributed by atoms with Crippen molar-refractivity contribution in [2.45, 2.75) is 39.2 Å². The third-order valence-corrected chi connectivity index (χ3v) is 6.84. The van der Waals surface area contributed by atoms with Crippen LogP contribution in [-0.2, 0) is 6.54 Å². The van der Waals surface area contributed by atoms with Crippen molar-refractivity contribution >= 4 is 29.0 Å². The van der Waals surface area contributed by atoms with Crippen LogP contribution in [0, 0.1) is 5.92 Å². The van der Waals surface area contributed by atoms with Gasteiger partial charge >= 0.3 is 6.03 Å². The minimum Gasteiger partial charge on any atom is -0.370 e. The molecule has 0 radical (unpaired) electrons. The quantitative estimate of drug-likeness (QED) is 0.286. The van der Waals surface area contributed by atoms with Crippen molar-refractivity contribution in [2.24, 2.45) is 5.92 Å². The number of nitrogens with one attached hydrogen (secondary N) is 3. The van der Waals surface area contributed by atoms with E-state index >= 15 is 0 Å². The second-order valence-corrected chi connectivity index (χ2v) is 9.99. The zero-order valence-electron chi connectivity index (χ0n) is 21.5. The number of anilines is 3. The fourth-order valence-electron chi connectivity index (χ4n) is 4.78. The lowest BCUT2D eigenvalue weighted by Crippen LogP contribution is -2.43. The second kappa shape index (κ2) is 11.3. The summed E-state index contributed by atoms with van der Waals surface area (Å²) in [6.07, 6.45) is 3.98. The summed E-state index contributed by atoms with van der Waals surface area (Å²) in [4.78, 5) is 19.6. The number of rotatable bonds is 8. The number of benzene rings is 2. The van der Waals surface area contributed by atoms with Gasteiger partial charge in [-0.25, -0.2) is 9.78 Å². The molecule has 2 aromatic heterocycles. The SMILES string of the molecule is CC(C)c1cnn2c(NCc3ccccc3)cc(NCC3CCCN(C(=O)Nc4ccccc4)C3)nc12. The van der Waals surface area contributed by atoms with Crippen LogP contribution in [0.2, 0.25) is 0 Å². The lowest BCUT2D eigenvalue weighted by Gasteiger charge is -2.33. The van der Waals surface area contributed by atoms with Crippen molar-refractivity contribution in [1.82, 2.24) is 19.5 Å². The summed E-state index contributed by atoms with van der Waals surface area (Å²) in [7, 11) is 0. The Bertz CT molecular complexity index is 1320. The van der Waals surface area contributed by atoms with Crippen LogP contribution in [-0.4, -0.2) is 45.2 Å². The van der Waals surface area contributed by atoms with Crippen molar-refractivity contribution < 1.29 is 4.79 Å². The molecular weight excluding hydrogens is 462 g/mol. The number of para-hydroxylation sites is 1. The van der Waals surface area contributed by atoms with Gasteiger partial charge in [0.15, 0.2) is 5.65 Å². The molecule has 3 N–H and O–H groups in total. The first-order chi connectivity index (χ1) is 18.1. The fraction of sp³-hybridized carbons (Fsp3) is 0.345. The predicted octanol–water partition coefficient (Wildman–Crippen LogP) is 5.82. The van der Waals surface area contributed by atoms with Gasteiger partial charge in [0, 0.05) is 43.5 Å². The molecule has 4 aromatic rings. The average molecular weight is 498 g/mol. The molecule has 0 saturated carbocycles. The molecule has 2 amide bonds. The number of amides is 2. The first-order valence-electron chi connectivity index (χ1n) is 13.1. The van der Waals surface area contributed by atoms with E-state index in [-0.39, 0.29) is 6.03 Å². The number of piperidine rings is 1. The van der Waals surface area contributed by atoms with Gasteiger partial charge in [-0.15, -0.1) is 0 Å². The Morgan fingerprint density at radius 3 is 2.57 bits per heavy atom. The van der Waals surface area contributed by atoms with E-state index in [0.717, 1.165) is 61.0 Å². The normalized spacial score (nSPS) is 15.6. The third-order valence-electron chi connectivity index (χ3n) is 6.84. The summed E-state index contributed by atoms with van der Waals surface area (Å²) in [5, 5.41) is 14.7. The number of urea groups is 1. The van der Waals surface area contributed by atoms with E-state index in [1.165, 1.54) is 5.56 Å². The maximum absolute atomic E-state index is 12.8. The number of carbonyl (C=O) groups is 1. The molecule has 8 nitrogen and oxygen atoms in total. The van der Waals surface area contributed by atoms with Crippen LogP contribution in [0.1, 0.15) is 43.7 Å². The highest BCUT2D eigenvalue weighted by Crippen LogP contribution is 2.25. The highest BCUT2D eigenvalue weighted by Gasteiger charge is 2.24. The molecule has 3 heterocycles. The van der Waals surface area contributed by atoms with Crippen LogP contribution in [0.3, 0.4) is 0 Å². The maximum Gasteiger partial charge on any atom is 0.321 e. The molecule has 0 spiro atoms. The Hall–Kier alpha value is -4.07. The van der Waals surface area contributed by atoms with Gasteiger partial charge in [0.2, 0.25) is 0 Å². The van der Waals surface area contributed by atoms with E-state index in [4.69, 9.17) is 4.98 Å². The van der Waals surface area contributed by atoms with Crippen LogP contribution in [0.25, 0.3) is 5.65 Å². The minimum atomic E-state index is -0.0383. The monoisotopic (exact) mass is 497 g/mol. The molecule has 2 aromatic carbocycles. The van der Waals surface area contributed by atoms with Gasteiger partial charge in [0.05, 0.1) is 6.20 Å². The third kappa shape index (κ3) is 6.02. The molecule has 192 valence electrons. The molecular formula is C29H35N7O. The number of carbonyl (C=O) groups excluding carboxylic acids is 1. The van der Waals surface area contributed by atoms with Crippen LogP contribution in [0.5, 0.6) is 0 Å². The second-order valence-electron chi connectivity index (χ2n) is 9.99. The molecule has 1 unspecified atom stereocenters. The number of nitrogens with zero attached hydrogens (tertiary/aromatic N) is 4. The van der Waals surface area contributed by atoms with Crippen LogP contribution in [0.15, 0.2) is 72.9 Å². The highest BCUT2D eigenvalue weighted by molar-refractivity contribution is 5.89. The van der Waals surface area contributed by atoms with E-state index in [1.54, 1.807) is 0 Å². The van der Waals surface area contributed by atoms with Crippen molar-refractivity contribution in [1.29, 1.82) is 0 Å². The Morgan fingerprint density at radius 1 is 1.05 bits per heavy atom. The Balaban J connectivity index is 1.27. The Labute approximate surface area is 218 Å². The molecule has 5 rings (SSSR count). The summed E-state index contributed by atoms with van der Waals surface area (Å²) in [6.45, 7) is 7.27. The standard InChI is InChI=1S/C29H35N7O/c1-21(2)25-19-32-36-27(31-17-22-10-5-3-6-11-22)16-26(34-28(25)36)30-18-23-12-9-15-35(20-23)29(37)33-24-13-7-4-8-14-24/h3-8,10-11,13-14,16,19,21,23,31H,9,12,15,17-18,20H2,1-2H3,(H,30,34)(H,33,37). The number of hydrogen-bond donors (Lipinski definition) is 3. The lowest BCUT2D eigenvalue weighted by atomic mass is 9.98. The summed E-state index contributed by atoms with van der Waals surface area (Å²) < 4.78 is 1.89. The molecule has 0 aliphatic carbocycles. The summed E-state index contributed by atoms with van der Waals surface area (Å²) in [5.41, 5.74) is 4.01. The largest absolute Gasteiger partial charge is 0.370 e. The van der Waals surface area contributed by atoms with Gasteiger partial charge in [-0.2, -0.15) is 9.61 Å². The van der Waals surface area contributed by atoms with Crippen LogP contribution >= 0.6 is 0 Å². The number of aromatic nitrogens is 3. The first-order valence-corrected chi connectivity index (χ1v) is 13.1. The lowest BCUT2D eigenvalue weighted by molar-refractivity contribution is 0.180. The highest BCUT2D eigenvalue weighted by atomic mass is 16.2. The van der Waals surface area contributed by atoms with Gasteiger partial charge in [-0.1, -0.05) is 62.4 Å². The average Bonchev–Trinajstić information content (AvgIpc) is 3.36. The van der Waals surface area contributed by atoms with Crippen molar-refractivity contribution in [3.05, 3.63) is 84.1 Å². The Morgan fingerprint density at radius 2 is 1.81 bits per heavy atom. The Kier molecular flexibility index (Phi) is 7.54. The fourth-order valence-corrected chi connectivity index (χ4v) is 4.78. The van der Waals surface area contributed by atoms with Gasteiger partial charge in [-0.3, -0.25) is 0 Å². The molecule has 1 saturated heterocycles. The first kappa shape index (κ1) is 24.6. The predicted molar refractivity (Wildman–Crippen MR) is 149 cm³/mol. The van der Waals surface area contributed by atoms with Crippen LogP contribution < -0.4 is 16.0 Å². The molecule has 0 bridgehead atoms. The smallest absolute Gasteiger partial charge is 0.321 e. The zero-order chi connectivity index (χ0) is 25.6. The maximum atomic E-state index is 12.8. The van der Waals surface area contributed by atoms with Crippen molar-refractivity contribution in [3.8, 4) is 0 Å². The zero-order valence-corrected chi connectivity index (χ0v) is 21.5. The number of likely N-dealkylation sites (tertiary alicyclic amines) is 1. The van der Waals surface area contributed by atoms with Gasteiger partial charge < -0.3 is 20.9 Å². The van der Waals surface area contributed by atoms with Gasteiger partial charge in [0.1, 0.15) is 11.6 Å². The van der Waals surface area contributed by atoms with E-state index in [9.17, 15) is 4.79 Å². The van der Waals surface area contributed by atoms with Crippen molar-refractivity contribution in [2.75, 3.05) is 35.6 Å². The topological polar surface area (TPSA) is 86.6 Å². The van der Waals surface area contributed by atoms with E-state index in [1.807, 2.05) is 70.2 Å². The molecule has 1 fully saturated rings. The van der Waals surface area contributed by atoms with E-state index in [2.05, 4.69) is 47.0 Å². The molecule has 1 atom stereocenters. The van der Waals surface area contributed by atoms with Crippen molar-refractivity contribution in [3.63, 3.8) is 0 Å².